The monoisotopic (exact) mass is 311 g/mol. The molecule has 1 aromatic rings. The molecule has 1 fully saturated rings. The van der Waals surface area contributed by atoms with Crippen LogP contribution in [0.25, 0.3) is 0 Å². The summed E-state index contributed by atoms with van der Waals surface area (Å²) >= 11 is 0. The first kappa shape index (κ1) is 16.9. The minimum Gasteiger partial charge on any atom is -0.394 e. The molecule has 1 saturated carbocycles. The third-order valence-electron chi connectivity index (χ3n) is 3.93. The lowest BCUT2D eigenvalue weighted by atomic mass is 9.88. The quantitative estimate of drug-likeness (QED) is 0.878. The van der Waals surface area contributed by atoms with Crippen molar-refractivity contribution in [3.05, 3.63) is 35.4 Å². The van der Waals surface area contributed by atoms with Crippen molar-refractivity contribution in [3.8, 4) is 0 Å². The molecular weight excluding hydrogens is 288 g/mol. The molecule has 122 valence electrons. The van der Waals surface area contributed by atoms with E-state index in [0.29, 0.717) is 12.8 Å². The van der Waals surface area contributed by atoms with Gasteiger partial charge < -0.3 is 10.4 Å². The number of carbonyl (C=O) groups excluding carboxylic acids is 1. The van der Waals surface area contributed by atoms with Gasteiger partial charge in [-0.3, -0.25) is 4.79 Å². The third-order valence-corrected chi connectivity index (χ3v) is 3.93. The van der Waals surface area contributed by atoms with Crippen LogP contribution in [0.2, 0.25) is 0 Å². The first-order valence-electron chi connectivity index (χ1n) is 7.58. The van der Waals surface area contributed by atoms with Gasteiger partial charge in [0.1, 0.15) is 0 Å². The summed E-state index contributed by atoms with van der Waals surface area (Å²) in [5, 5.41) is 12.2. The van der Waals surface area contributed by atoms with E-state index in [9.17, 15) is 18.7 Å². The second-order valence-corrected chi connectivity index (χ2v) is 7.24. The second-order valence-electron chi connectivity index (χ2n) is 7.24. The molecule has 22 heavy (non-hydrogen) atoms. The zero-order valence-corrected chi connectivity index (χ0v) is 13.2. The van der Waals surface area contributed by atoms with Crippen molar-refractivity contribution < 1.29 is 18.7 Å². The minimum atomic E-state index is -0.885. The normalized spacial score (nSPS) is 22.3. The minimum absolute atomic E-state index is 0.0156. The Morgan fingerprint density at radius 2 is 2.09 bits per heavy atom. The summed E-state index contributed by atoms with van der Waals surface area (Å²) in [5.41, 5.74) is 0.245. The maximum absolute atomic E-state index is 13.7. The molecule has 3 unspecified atom stereocenters. The van der Waals surface area contributed by atoms with Gasteiger partial charge in [0.25, 0.3) is 0 Å². The number of hydrogen-bond acceptors (Lipinski definition) is 2. The van der Waals surface area contributed by atoms with Crippen LogP contribution in [0, 0.1) is 23.0 Å². The number of amides is 1. The number of nitrogens with one attached hydrogen (secondary N) is 1. The Kier molecular flexibility index (Phi) is 4.85. The van der Waals surface area contributed by atoms with Gasteiger partial charge in [0.15, 0.2) is 11.6 Å². The molecule has 1 amide bonds. The largest absolute Gasteiger partial charge is 0.394 e. The van der Waals surface area contributed by atoms with Gasteiger partial charge in [-0.2, -0.15) is 0 Å². The smallest absolute Gasteiger partial charge is 0.224 e. The van der Waals surface area contributed by atoms with E-state index in [1.165, 1.54) is 12.1 Å². The Bertz CT molecular complexity index is 554. The fourth-order valence-electron chi connectivity index (χ4n) is 2.84. The van der Waals surface area contributed by atoms with E-state index in [4.69, 9.17) is 0 Å². The summed E-state index contributed by atoms with van der Waals surface area (Å²) in [4.78, 5) is 12.2. The molecule has 0 aromatic heterocycles. The molecule has 2 rings (SSSR count). The van der Waals surface area contributed by atoms with Crippen LogP contribution in [0.4, 0.5) is 8.78 Å². The van der Waals surface area contributed by atoms with Gasteiger partial charge in [0.05, 0.1) is 12.6 Å². The first-order valence-corrected chi connectivity index (χ1v) is 7.58. The zero-order valence-electron chi connectivity index (χ0n) is 13.2. The van der Waals surface area contributed by atoms with Crippen molar-refractivity contribution >= 4 is 5.91 Å². The zero-order chi connectivity index (χ0) is 16.5. The molecule has 0 heterocycles. The van der Waals surface area contributed by atoms with Crippen molar-refractivity contribution in [3.63, 3.8) is 0 Å². The predicted molar refractivity (Wildman–Crippen MR) is 80.3 cm³/mol. The van der Waals surface area contributed by atoms with Crippen LogP contribution in [0.1, 0.15) is 45.1 Å². The molecule has 3 atom stereocenters. The van der Waals surface area contributed by atoms with Crippen molar-refractivity contribution in [2.75, 3.05) is 6.61 Å². The molecule has 0 radical (unpaired) electrons. The molecule has 1 aliphatic rings. The number of carbonyl (C=O) groups is 1. The Labute approximate surface area is 129 Å². The number of aliphatic hydroxyl groups is 1. The summed E-state index contributed by atoms with van der Waals surface area (Å²) < 4.78 is 27.0. The van der Waals surface area contributed by atoms with Crippen molar-refractivity contribution in [1.82, 2.24) is 5.32 Å². The highest BCUT2D eigenvalue weighted by Crippen LogP contribution is 2.48. The highest BCUT2D eigenvalue weighted by atomic mass is 19.2. The van der Waals surface area contributed by atoms with Gasteiger partial charge in [-0.05, 0) is 35.8 Å². The molecule has 0 bridgehead atoms. The molecule has 0 spiro atoms. The first-order chi connectivity index (χ1) is 10.2. The Morgan fingerprint density at radius 1 is 1.41 bits per heavy atom. The molecule has 5 heteroatoms. The van der Waals surface area contributed by atoms with E-state index in [-0.39, 0.29) is 41.4 Å². The SMILES string of the molecule is CC(C)(C)CC(CO)NC(=O)C1CC1c1cccc(F)c1F. The maximum Gasteiger partial charge on any atom is 0.224 e. The molecular formula is C17H23F2NO2. The molecule has 0 saturated heterocycles. The molecule has 2 N–H and O–H groups in total. The van der Waals surface area contributed by atoms with Gasteiger partial charge in [-0.15, -0.1) is 0 Å². The number of benzene rings is 1. The number of rotatable bonds is 5. The van der Waals surface area contributed by atoms with Crippen molar-refractivity contribution in [2.24, 2.45) is 11.3 Å². The lowest BCUT2D eigenvalue weighted by Gasteiger charge is -2.25. The third kappa shape index (κ3) is 4.03. The van der Waals surface area contributed by atoms with Gasteiger partial charge in [-0.1, -0.05) is 32.9 Å². The second kappa shape index (κ2) is 6.32. The predicted octanol–water partition coefficient (Wildman–Crippen LogP) is 2.98. The van der Waals surface area contributed by atoms with Crippen LogP contribution < -0.4 is 5.32 Å². The fourth-order valence-corrected chi connectivity index (χ4v) is 2.84. The average Bonchev–Trinajstić information content (AvgIpc) is 3.19. The van der Waals surface area contributed by atoms with Crippen LogP contribution in [-0.4, -0.2) is 23.7 Å². The molecule has 0 aliphatic heterocycles. The Hall–Kier alpha value is -1.49. The summed E-state index contributed by atoms with van der Waals surface area (Å²) in [7, 11) is 0. The van der Waals surface area contributed by atoms with Crippen LogP contribution in [0.3, 0.4) is 0 Å². The number of halogens is 2. The van der Waals surface area contributed by atoms with E-state index >= 15 is 0 Å². The van der Waals surface area contributed by atoms with Crippen LogP contribution >= 0.6 is 0 Å². The lowest BCUT2D eigenvalue weighted by molar-refractivity contribution is -0.123. The van der Waals surface area contributed by atoms with E-state index in [1.807, 2.05) is 20.8 Å². The molecule has 1 aromatic carbocycles. The highest BCUT2D eigenvalue weighted by molar-refractivity contribution is 5.83. The van der Waals surface area contributed by atoms with E-state index in [1.54, 1.807) is 0 Å². The van der Waals surface area contributed by atoms with Crippen LogP contribution in [-0.2, 0) is 4.79 Å². The highest BCUT2D eigenvalue weighted by Gasteiger charge is 2.46. The van der Waals surface area contributed by atoms with Gasteiger partial charge >= 0.3 is 0 Å². The summed E-state index contributed by atoms with van der Waals surface area (Å²) in [5.74, 6) is -2.56. The van der Waals surface area contributed by atoms with Crippen molar-refractivity contribution in [1.29, 1.82) is 0 Å². The molecule has 1 aliphatic carbocycles. The summed E-state index contributed by atoms with van der Waals surface area (Å²) in [6.07, 6.45) is 1.17. The fraction of sp³-hybridized carbons (Fsp3) is 0.588. The standard InChI is InChI=1S/C17H23F2NO2/c1-17(2,3)8-10(9-21)20-16(22)13-7-12(13)11-5-4-6-14(18)15(11)19/h4-6,10,12-13,21H,7-9H2,1-3H3,(H,20,22). The summed E-state index contributed by atoms with van der Waals surface area (Å²) in [6, 6.07) is 3.74. The van der Waals surface area contributed by atoms with E-state index in [2.05, 4.69) is 5.32 Å². The lowest BCUT2D eigenvalue weighted by Crippen LogP contribution is -2.41. The van der Waals surface area contributed by atoms with Crippen LogP contribution in [0.15, 0.2) is 18.2 Å². The van der Waals surface area contributed by atoms with Gasteiger partial charge in [-0.25, -0.2) is 8.78 Å². The molecule has 3 nitrogen and oxygen atoms in total. The van der Waals surface area contributed by atoms with E-state index in [0.717, 1.165) is 6.07 Å². The van der Waals surface area contributed by atoms with E-state index < -0.39 is 11.6 Å². The number of aliphatic hydroxyl groups excluding tert-OH is 1. The van der Waals surface area contributed by atoms with Crippen LogP contribution in [0.5, 0.6) is 0 Å². The maximum atomic E-state index is 13.7. The average molecular weight is 311 g/mol. The van der Waals surface area contributed by atoms with Gasteiger partial charge in [0.2, 0.25) is 5.91 Å². The topological polar surface area (TPSA) is 49.3 Å². The summed E-state index contributed by atoms with van der Waals surface area (Å²) in [6.45, 7) is 5.96. The van der Waals surface area contributed by atoms with Crippen molar-refractivity contribution in [2.45, 2.75) is 45.6 Å². The Morgan fingerprint density at radius 3 is 2.68 bits per heavy atom. The van der Waals surface area contributed by atoms with Gasteiger partial charge in [0, 0.05) is 5.92 Å². The Balaban J connectivity index is 1.97. The number of hydrogen-bond donors (Lipinski definition) is 2.